The van der Waals surface area contributed by atoms with Crippen LogP contribution in [0.4, 0.5) is 17.1 Å². The summed E-state index contributed by atoms with van der Waals surface area (Å²) in [4.78, 5) is 30.7. The van der Waals surface area contributed by atoms with Crippen LogP contribution in [0.2, 0.25) is 0 Å². The van der Waals surface area contributed by atoms with Crippen LogP contribution in [-0.2, 0) is 0 Å². The molecule has 4 rings (SSSR count). The minimum Gasteiger partial charge on any atom is -0.495 e. The lowest BCUT2D eigenvalue weighted by molar-refractivity contribution is 0.0952. The molecule has 0 radical (unpaired) electrons. The highest BCUT2D eigenvalue weighted by molar-refractivity contribution is 7.12. The first-order valence-corrected chi connectivity index (χ1v) is 12.4. The van der Waals surface area contributed by atoms with Crippen molar-refractivity contribution in [3.05, 3.63) is 70.4 Å². The first-order valence-electron chi connectivity index (χ1n) is 11.5. The number of rotatable bonds is 8. The van der Waals surface area contributed by atoms with Gasteiger partial charge in [-0.2, -0.15) is 0 Å². The fraction of sp³-hybridized carbons (Fsp3) is 0.308. The molecule has 2 heterocycles. The van der Waals surface area contributed by atoms with Crippen LogP contribution in [0, 0.1) is 0 Å². The van der Waals surface area contributed by atoms with Crippen molar-refractivity contribution in [1.82, 2.24) is 5.32 Å². The fourth-order valence-corrected chi connectivity index (χ4v) is 4.70. The van der Waals surface area contributed by atoms with Gasteiger partial charge in [-0.1, -0.05) is 25.1 Å². The summed E-state index contributed by atoms with van der Waals surface area (Å²) in [6.07, 6.45) is 0.855. The minimum absolute atomic E-state index is 0.128. The number of piperazine rings is 1. The summed E-state index contributed by atoms with van der Waals surface area (Å²) >= 11 is 1.39. The Morgan fingerprint density at radius 2 is 1.68 bits per heavy atom. The fourth-order valence-electron chi connectivity index (χ4n) is 4.08. The third kappa shape index (κ3) is 5.34. The molecule has 0 atom stereocenters. The highest BCUT2D eigenvalue weighted by Crippen LogP contribution is 2.31. The van der Waals surface area contributed by atoms with Gasteiger partial charge >= 0.3 is 0 Å². The van der Waals surface area contributed by atoms with Gasteiger partial charge in [0, 0.05) is 44.1 Å². The third-order valence-electron chi connectivity index (χ3n) is 5.83. The number of hydrogen-bond donors (Lipinski definition) is 2. The molecule has 0 unspecified atom stereocenters. The van der Waals surface area contributed by atoms with E-state index in [4.69, 9.17) is 4.74 Å². The Balaban J connectivity index is 1.53. The van der Waals surface area contributed by atoms with Gasteiger partial charge in [-0.3, -0.25) is 9.59 Å². The molecule has 7 nitrogen and oxygen atoms in total. The molecule has 1 aliphatic heterocycles. The van der Waals surface area contributed by atoms with Gasteiger partial charge < -0.3 is 25.2 Å². The first-order chi connectivity index (χ1) is 16.6. The topological polar surface area (TPSA) is 73.9 Å². The van der Waals surface area contributed by atoms with Gasteiger partial charge in [-0.05, 0) is 48.2 Å². The van der Waals surface area contributed by atoms with E-state index in [2.05, 4.69) is 26.5 Å². The average molecular weight is 479 g/mol. The molecule has 0 spiro atoms. The van der Waals surface area contributed by atoms with E-state index in [1.54, 1.807) is 19.2 Å². The van der Waals surface area contributed by atoms with Crippen LogP contribution in [0.5, 0.6) is 5.75 Å². The lowest BCUT2D eigenvalue weighted by Gasteiger charge is -2.38. The molecule has 1 fully saturated rings. The maximum absolute atomic E-state index is 13.0. The Bertz CT molecular complexity index is 1120. The largest absolute Gasteiger partial charge is 0.495 e. The molecular formula is C26H30N4O3S. The zero-order valence-corrected chi connectivity index (χ0v) is 20.4. The van der Waals surface area contributed by atoms with Gasteiger partial charge in [0.2, 0.25) is 0 Å². The second-order valence-corrected chi connectivity index (χ2v) is 9.01. The number of methoxy groups -OCH3 is 1. The molecule has 0 saturated carbocycles. The number of para-hydroxylation sites is 2. The molecule has 34 heavy (non-hydrogen) atoms. The van der Waals surface area contributed by atoms with E-state index in [0.29, 0.717) is 22.7 Å². The lowest BCUT2D eigenvalue weighted by atomic mass is 10.1. The van der Waals surface area contributed by atoms with Crippen LogP contribution in [0.1, 0.15) is 33.4 Å². The Kier molecular flexibility index (Phi) is 7.69. The quantitative estimate of drug-likeness (QED) is 0.500. The molecule has 2 N–H and O–H groups in total. The molecule has 2 aromatic carbocycles. The van der Waals surface area contributed by atoms with Crippen molar-refractivity contribution < 1.29 is 14.3 Å². The van der Waals surface area contributed by atoms with Crippen LogP contribution in [-0.4, -0.2) is 51.6 Å². The molecule has 1 saturated heterocycles. The van der Waals surface area contributed by atoms with E-state index in [9.17, 15) is 9.59 Å². The minimum atomic E-state index is -0.173. The maximum atomic E-state index is 13.0. The molecule has 0 bridgehead atoms. The number of thiophene rings is 1. The SMILES string of the molecule is CCCNC(=O)c1cc(NC(=O)c2cccs2)ccc1N1CCN(c2ccccc2OC)CC1. The lowest BCUT2D eigenvalue weighted by Crippen LogP contribution is -2.47. The summed E-state index contributed by atoms with van der Waals surface area (Å²) in [5, 5.41) is 7.77. The van der Waals surface area contributed by atoms with Crippen molar-refractivity contribution in [3.8, 4) is 5.75 Å². The van der Waals surface area contributed by atoms with Gasteiger partial charge in [0.25, 0.3) is 11.8 Å². The Hall–Kier alpha value is -3.52. The molecule has 1 aromatic heterocycles. The predicted octanol–water partition coefficient (Wildman–Crippen LogP) is 4.48. The molecule has 1 aliphatic rings. The molecule has 0 aliphatic carbocycles. The zero-order chi connectivity index (χ0) is 23.9. The smallest absolute Gasteiger partial charge is 0.265 e. The number of amides is 2. The number of nitrogens with zero attached hydrogens (tertiary/aromatic N) is 2. The number of ether oxygens (including phenoxy) is 1. The summed E-state index contributed by atoms with van der Waals surface area (Å²) in [5.74, 6) is 0.561. The summed E-state index contributed by atoms with van der Waals surface area (Å²) in [5.41, 5.74) is 3.14. The van der Waals surface area contributed by atoms with E-state index < -0.39 is 0 Å². The molecule has 3 aromatic rings. The summed E-state index contributed by atoms with van der Waals surface area (Å²) < 4.78 is 5.53. The maximum Gasteiger partial charge on any atom is 0.265 e. The number of anilines is 3. The van der Waals surface area contributed by atoms with Crippen molar-refractivity contribution in [1.29, 1.82) is 0 Å². The number of nitrogens with one attached hydrogen (secondary N) is 2. The van der Waals surface area contributed by atoms with Crippen molar-refractivity contribution >= 4 is 40.2 Å². The van der Waals surface area contributed by atoms with Gasteiger partial charge in [-0.25, -0.2) is 0 Å². The van der Waals surface area contributed by atoms with Gasteiger partial charge in [-0.15, -0.1) is 11.3 Å². The monoisotopic (exact) mass is 478 g/mol. The van der Waals surface area contributed by atoms with E-state index >= 15 is 0 Å². The first kappa shape index (κ1) is 23.6. The van der Waals surface area contributed by atoms with Crippen LogP contribution >= 0.6 is 11.3 Å². The van der Waals surface area contributed by atoms with Gasteiger partial charge in [0.1, 0.15) is 5.75 Å². The highest BCUT2D eigenvalue weighted by atomic mass is 32.1. The Morgan fingerprint density at radius 1 is 0.941 bits per heavy atom. The van der Waals surface area contributed by atoms with Crippen LogP contribution in [0.15, 0.2) is 60.0 Å². The normalized spacial score (nSPS) is 13.5. The number of benzene rings is 2. The van der Waals surface area contributed by atoms with E-state index in [1.807, 2.05) is 48.7 Å². The number of carbonyl (C=O) groups is 2. The summed E-state index contributed by atoms with van der Waals surface area (Å²) in [7, 11) is 1.69. The van der Waals surface area contributed by atoms with Crippen LogP contribution in [0.3, 0.4) is 0 Å². The van der Waals surface area contributed by atoms with Gasteiger partial charge in [0.15, 0.2) is 0 Å². The second kappa shape index (κ2) is 11.1. The van der Waals surface area contributed by atoms with Crippen molar-refractivity contribution in [2.24, 2.45) is 0 Å². The van der Waals surface area contributed by atoms with E-state index in [0.717, 1.165) is 49.7 Å². The van der Waals surface area contributed by atoms with Crippen LogP contribution in [0.25, 0.3) is 0 Å². The Labute approximate surface area is 204 Å². The van der Waals surface area contributed by atoms with Crippen molar-refractivity contribution in [2.45, 2.75) is 13.3 Å². The van der Waals surface area contributed by atoms with E-state index in [-0.39, 0.29) is 11.8 Å². The standard InChI is InChI=1S/C26H30N4O3S/c1-3-12-27-25(31)20-18-19(28-26(32)24-9-6-17-34-24)10-11-21(20)29-13-15-30(16-14-29)22-7-4-5-8-23(22)33-2/h4-11,17-18H,3,12-16H2,1-2H3,(H,27,31)(H,28,32). The molecule has 178 valence electrons. The third-order valence-corrected chi connectivity index (χ3v) is 6.69. The predicted molar refractivity (Wildman–Crippen MR) is 139 cm³/mol. The summed E-state index contributed by atoms with van der Waals surface area (Å²) in [6, 6.07) is 17.2. The second-order valence-electron chi connectivity index (χ2n) is 8.07. The summed E-state index contributed by atoms with van der Waals surface area (Å²) in [6.45, 7) is 5.79. The molecular weight excluding hydrogens is 448 g/mol. The van der Waals surface area contributed by atoms with Crippen molar-refractivity contribution in [3.63, 3.8) is 0 Å². The van der Waals surface area contributed by atoms with Crippen LogP contribution < -0.4 is 25.2 Å². The molecule has 8 heteroatoms. The van der Waals surface area contributed by atoms with E-state index in [1.165, 1.54) is 11.3 Å². The molecule has 2 amide bonds. The Morgan fingerprint density at radius 3 is 2.35 bits per heavy atom. The van der Waals surface area contributed by atoms with Crippen molar-refractivity contribution in [2.75, 3.05) is 55.0 Å². The average Bonchev–Trinajstić information content (AvgIpc) is 3.43. The highest BCUT2D eigenvalue weighted by Gasteiger charge is 2.24. The van der Waals surface area contributed by atoms with Gasteiger partial charge in [0.05, 0.1) is 23.2 Å². The number of hydrogen-bond acceptors (Lipinski definition) is 6. The number of carbonyl (C=O) groups excluding carboxylic acids is 2. The zero-order valence-electron chi connectivity index (χ0n) is 19.5.